The fourth-order valence-corrected chi connectivity index (χ4v) is 6.46. The molecule has 9 nitrogen and oxygen atoms in total. The van der Waals surface area contributed by atoms with Crippen LogP contribution in [0, 0.1) is 0 Å². The topological polar surface area (TPSA) is 108 Å². The van der Waals surface area contributed by atoms with Gasteiger partial charge in [-0.1, -0.05) is 31.9 Å². The van der Waals surface area contributed by atoms with E-state index in [2.05, 4.69) is 39.2 Å². The fourth-order valence-electron chi connectivity index (χ4n) is 6.46. The number of anilines is 3. The third-order valence-electron chi connectivity index (χ3n) is 9.18. The highest BCUT2D eigenvalue weighted by molar-refractivity contribution is 5.96. The lowest BCUT2D eigenvalue weighted by atomic mass is 9.74. The van der Waals surface area contributed by atoms with Crippen LogP contribution in [0.2, 0.25) is 0 Å². The Hall–Kier alpha value is -3.41. The Balaban J connectivity index is 1.27. The van der Waals surface area contributed by atoms with Crippen molar-refractivity contribution in [1.82, 2.24) is 19.8 Å². The third-order valence-corrected chi connectivity index (χ3v) is 9.18. The van der Waals surface area contributed by atoms with Crippen LogP contribution in [0.25, 0.3) is 0 Å². The first-order chi connectivity index (χ1) is 19.4. The van der Waals surface area contributed by atoms with Gasteiger partial charge < -0.3 is 25.8 Å². The van der Waals surface area contributed by atoms with Crippen molar-refractivity contribution in [3.63, 3.8) is 0 Å². The minimum absolute atomic E-state index is 0.00483. The summed E-state index contributed by atoms with van der Waals surface area (Å²) in [6.07, 6.45) is 4.34. The highest BCUT2D eigenvalue weighted by atomic mass is 19.4. The Morgan fingerprint density at radius 2 is 1.73 bits per heavy atom. The number of alkyl halides is 3. The van der Waals surface area contributed by atoms with Crippen molar-refractivity contribution in [1.29, 1.82) is 0 Å². The molecule has 222 valence electrons. The van der Waals surface area contributed by atoms with Gasteiger partial charge in [-0.2, -0.15) is 13.2 Å². The van der Waals surface area contributed by atoms with E-state index >= 15 is 0 Å². The summed E-state index contributed by atoms with van der Waals surface area (Å²) in [5, 5.41) is 3.15. The minimum Gasteiger partial charge on any atom is -0.364 e. The molecular weight excluding hydrogens is 535 g/mol. The number of halogens is 3. The Labute approximate surface area is 238 Å². The zero-order valence-electron chi connectivity index (χ0n) is 23.6. The summed E-state index contributed by atoms with van der Waals surface area (Å²) in [6.45, 7) is 4.46. The normalized spacial score (nSPS) is 21.7. The molecular formula is C29H38F3N7O2. The molecule has 41 heavy (non-hydrogen) atoms. The molecule has 3 aliphatic rings. The molecule has 3 N–H and O–H groups in total. The largest absolute Gasteiger partial charge is 0.471 e. The van der Waals surface area contributed by atoms with Crippen molar-refractivity contribution >= 4 is 29.1 Å². The van der Waals surface area contributed by atoms with Crippen LogP contribution in [0.15, 0.2) is 30.5 Å². The van der Waals surface area contributed by atoms with Crippen molar-refractivity contribution in [3.8, 4) is 0 Å². The number of likely N-dealkylation sites (tertiary alicyclic amines) is 2. The smallest absolute Gasteiger partial charge is 0.364 e. The summed E-state index contributed by atoms with van der Waals surface area (Å²) < 4.78 is 38.6. The first-order valence-corrected chi connectivity index (χ1v) is 14.3. The van der Waals surface area contributed by atoms with Crippen molar-refractivity contribution in [2.24, 2.45) is 5.73 Å². The van der Waals surface area contributed by atoms with Gasteiger partial charge in [0.05, 0.1) is 6.20 Å². The maximum absolute atomic E-state index is 12.9. The number of nitrogens with zero attached hydrogens (tertiary/aromatic N) is 5. The lowest BCUT2D eigenvalue weighted by Crippen LogP contribution is -2.45. The first kappa shape index (κ1) is 29.1. The van der Waals surface area contributed by atoms with E-state index in [-0.39, 0.29) is 36.1 Å². The van der Waals surface area contributed by atoms with E-state index in [4.69, 9.17) is 5.73 Å². The number of aromatic nitrogens is 2. The molecule has 2 aromatic rings. The molecule has 1 aromatic carbocycles. The lowest BCUT2D eigenvalue weighted by molar-refractivity contribution is -0.184. The molecule has 1 saturated carbocycles. The predicted octanol–water partition coefficient (Wildman–Crippen LogP) is 4.21. The van der Waals surface area contributed by atoms with Crippen LogP contribution in [0.4, 0.5) is 30.5 Å². The van der Waals surface area contributed by atoms with E-state index in [1.54, 1.807) is 11.9 Å². The molecule has 2 amide bonds. The van der Waals surface area contributed by atoms with Crippen molar-refractivity contribution < 1.29 is 22.8 Å². The number of benzene rings is 1. The van der Waals surface area contributed by atoms with Crippen LogP contribution < -0.4 is 16.0 Å². The quantitative estimate of drug-likeness (QED) is 0.511. The number of hydrogen-bond donors (Lipinski definition) is 2. The van der Waals surface area contributed by atoms with Crippen LogP contribution in [-0.2, 0) is 10.2 Å². The average molecular weight is 574 g/mol. The van der Waals surface area contributed by atoms with Gasteiger partial charge in [0.15, 0.2) is 11.5 Å². The van der Waals surface area contributed by atoms with Crippen LogP contribution in [-0.4, -0.2) is 83.1 Å². The summed E-state index contributed by atoms with van der Waals surface area (Å²) in [6, 6.07) is 8.46. The van der Waals surface area contributed by atoms with Crippen LogP contribution >= 0.6 is 0 Å². The molecule has 5 rings (SSSR count). The number of carbonyl (C=O) groups is 2. The van der Waals surface area contributed by atoms with Crippen molar-refractivity contribution in [2.75, 3.05) is 43.4 Å². The molecule has 2 aliphatic heterocycles. The highest BCUT2D eigenvalue weighted by Gasteiger charge is 2.45. The second-order valence-corrected chi connectivity index (χ2v) is 11.8. The Kier molecular flexibility index (Phi) is 8.13. The standard InChI is InChI=1S/C29H38F3N7O2/c1-28(12-15-38(16-13-28)21-5-3-4-6-21)19-7-9-20(10-8-19)35-26-24(25(33)40)34-17-23(36-26)37(2)22-11-14-39(18-22)27(41)29(30,31)32/h7-10,17,21-22H,3-6,11-16,18H2,1-2H3,(H2,33,40)(H,35,36). The number of nitrogens with one attached hydrogen (secondary N) is 1. The van der Waals surface area contributed by atoms with Gasteiger partial charge >= 0.3 is 12.1 Å². The molecule has 2 saturated heterocycles. The Morgan fingerprint density at radius 1 is 1.07 bits per heavy atom. The summed E-state index contributed by atoms with van der Waals surface area (Å²) in [7, 11) is 1.68. The number of likely N-dealkylation sites (N-methyl/N-ethyl adjacent to an activating group) is 1. The summed E-state index contributed by atoms with van der Waals surface area (Å²) in [5.74, 6) is -2.09. The van der Waals surface area contributed by atoms with Gasteiger partial charge in [0.25, 0.3) is 5.91 Å². The van der Waals surface area contributed by atoms with Crippen LogP contribution in [0.1, 0.15) is 67.9 Å². The Morgan fingerprint density at radius 3 is 2.34 bits per heavy atom. The zero-order valence-corrected chi connectivity index (χ0v) is 23.6. The maximum Gasteiger partial charge on any atom is 0.471 e. The van der Waals surface area contributed by atoms with Gasteiger partial charge in [0, 0.05) is 37.9 Å². The van der Waals surface area contributed by atoms with Crippen molar-refractivity contribution in [3.05, 3.63) is 41.7 Å². The number of primary amides is 1. The summed E-state index contributed by atoms with van der Waals surface area (Å²) >= 11 is 0. The third kappa shape index (κ3) is 6.27. The molecule has 1 unspecified atom stereocenters. The van der Waals surface area contributed by atoms with Gasteiger partial charge in [-0.3, -0.25) is 9.59 Å². The Bertz CT molecular complexity index is 1260. The lowest BCUT2D eigenvalue weighted by Gasteiger charge is -2.42. The molecule has 3 heterocycles. The maximum atomic E-state index is 12.9. The molecule has 12 heteroatoms. The molecule has 0 spiro atoms. The first-order valence-electron chi connectivity index (χ1n) is 14.3. The monoisotopic (exact) mass is 573 g/mol. The van der Waals surface area contributed by atoms with Gasteiger partial charge in [0.1, 0.15) is 5.82 Å². The number of amides is 2. The number of rotatable bonds is 7. The predicted molar refractivity (Wildman–Crippen MR) is 150 cm³/mol. The van der Waals surface area contributed by atoms with E-state index in [0.29, 0.717) is 17.9 Å². The molecule has 3 fully saturated rings. The second kappa shape index (κ2) is 11.5. The fraction of sp³-hybridized carbons (Fsp3) is 0.586. The minimum atomic E-state index is -4.91. The van der Waals surface area contributed by atoms with Crippen molar-refractivity contribution in [2.45, 2.75) is 75.5 Å². The number of piperidine rings is 1. The van der Waals surface area contributed by atoms with Crippen LogP contribution in [0.3, 0.4) is 0 Å². The molecule has 1 aromatic heterocycles. The molecule has 0 radical (unpaired) electrons. The van der Waals surface area contributed by atoms with Gasteiger partial charge in [-0.15, -0.1) is 0 Å². The van der Waals surface area contributed by atoms with Gasteiger partial charge in [-0.25, -0.2) is 9.97 Å². The van der Waals surface area contributed by atoms with Gasteiger partial charge in [-0.05, 0) is 68.3 Å². The summed E-state index contributed by atoms with van der Waals surface area (Å²) in [5.41, 5.74) is 7.58. The zero-order chi connectivity index (χ0) is 29.4. The van der Waals surface area contributed by atoms with E-state index in [1.807, 2.05) is 12.1 Å². The highest BCUT2D eigenvalue weighted by Crippen LogP contribution is 2.38. The second-order valence-electron chi connectivity index (χ2n) is 11.8. The number of carbonyl (C=O) groups excluding carboxylic acids is 2. The molecule has 0 bridgehead atoms. The molecule has 1 aliphatic carbocycles. The van der Waals surface area contributed by atoms with E-state index in [9.17, 15) is 22.8 Å². The van der Waals surface area contributed by atoms with E-state index in [1.165, 1.54) is 37.4 Å². The van der Waals surface area contributed by atoms with Gasteiger partial charge in [0.2, 0.25) is 0 Å². The average Bonchev–Trinajstić information content (AvgIpc) is 3.65. The SMILES string of the molecule is CN(c1cnc(C(N)=O)c(Nc2ccc(C3(C)CCN(C4CCCC4)CC3)cc2)n1)C1CCN(C(=O)C(F)(F)F)C1. The number of hydrogen-bond acceptors (Lipinski definition) is 7. The molecule has 1 atom stereocenters. The summed E-state index contributed by atoms with van der Waals surface area (Å²) in [4.78, 5) is 37.6. The van der Waals surface area contributed by atoms with E-state index in [0.717, 1.165) is 36.9 Å². The number of nitrogens with two attached hydrogens (primary N) is 1. The van der Waals surface area contributed by atoms with Crippen LogP contribution in [0.5, 0.6) is 0 Å². The van der Waals surface area contributed by atoms with E-state index < -0.39 is 18.0 Å².